The second kappa shape index (κ2) is 8.01. The molecule has 0 atom stereocenters. The number of anilines is 2. The van der Waals surface area contributed by atoms with E-state index in [1.165, 1.54) is 13.0 Å². The number of carbonyl (C=O) groups is 2. The lowest BCUT2D eigenvalue weighted by molar-refractivity contribution is -0.117. The molecule has 0 aliphatic rings. The second-order valence-electron chi connectivity index (χ2n) is 5.07. The molecule has 1 N–H and O–H groups in total. The molecule has 0 aliphatic heterocycles. The van der Waals surface area contributed by atoms with Crippen LogP contribution in [0.4, 0.5) is 20.2 Å². The maximum atomic E-state index is 13.8. The molecule has 0 saturated heterocycles. The number of hydrogen-bond acceptors (Lipinski definition) is 2. The lowest BCUT2D eigenvalue weighted by atomic mass is 10.2. The SMILES string of the molecule is CC(=O)N(CCC(=O)Nc1cccc(Br)c1)c1ccc(F)cc1F. The number of benzene rings is 2. The summed E-state index contributed by atoms with van der Waals surface area (Å²) >= 11 is 3.30. The highest BCUT2D eigenvalue weighted by Crippen LogP contribution is 2.21. The molecule has 24 heavy (non-hydrogen) atoms. The molecule has 2 rings (SSSR count). The van der Waals surface area contributed by atoms with Crippen molar-refractivity contribution in [1.82, 2.24) is 0 Å². The molecule has 0 radical (unpaired) electrons. The van der Waals surface area contributed by atoms with Crippen molar-refractivity contribution in [2.75, 3.05) is 16.8 Å². The molecule has 7 heteroatoms. The second-order valence-corrected chi connectivity index (χ2v) is 5.99. The number of nitrogens with zero attached hydrogens (tertiary/aromatic N) is 1. The van der Waals surface area contributed by atoms with Gasteiger partial charge in [-0.15, -0.1) is 0 Å². The summed E-state index contributed by atoms with van der Waals surface area (Å²) in [6, 6.07) is 10.0. The highest BCUT2D eigenvalue weighted by atomic mass is 79.9. The van der Waals surface area contributed by atoms with Crippen LogP contribution in [0.15, 0.2) is 46.9 Å². The van der Waals surface area contributed by atoms with Crippen LogP contribution in [0, 0.1) is 11.6 Å². The minimum Gasteiger partial charge on any atom is -0.326 e. The zero-order valence-electron chi connectivity index (χ0n) is 12.9. The fourth-order valence-corrected chi connectivity index (χ4v) is 2.55. The van der Waals surface area contributed by atoms with Gasteiger partial charge in [0.15, 0.2) is 0 Å². The Balaban J connectivity index is 2.03. The molecule has 0 heterocycles. The monoisotopic (exact) mass is 396 g/mol. The third kappa shape index (κ3) is 4.86. The summed E-state index contributed by atoms with van der Waals surface area (Å²) in [7, 11) is 0. The van der Waals surface area contributed by atoms with E-state index in [9.17, 15) is 18.4 Å². The van der Waals surface area contributed by atoms with Gasteiger partial charge in [-0.3, -0.25) is 9.59 Å². The van der Waals surface area contributed by atoms with Gasteiger partial charge in [0.25, 0.3) is 0 Å². The highest BCUT2D eigenvalue weighted by molar-refractivity contribution is 9.10. The van der Waals surface area contributed by atoms with Crippen LogP contribution in [0.3, 0.4) is 0 Å². The van der Waals surface area contributed by atoms with E-state index in [1.807, 2.05) is 6.07 Å². The van der Waals surface area contributed by atoms with E-state index >= 15 is 0 Å². The zero-order chi connectivity index (χ0) is 17.7. The van der Waals surface area contributed by atoms with Gasteiger partial charge in [-0.2, -0.15) is 0 Å². The van der Waals surface area contributed by atoms with E-state index in [1.54, 1.807) is 18.2 Å². The normalized spacial score (nSPS) is 10.3. The van der Waals surface area contributed by atoms with Crippen LogP contribution in [0.2, 0.25) is 0 Å². The number of carbonyl (C=O) groups excluding carboxylic acids is 2. The Morgan fingerprint density at radius 2 is 1.92 bits per heavy atom. The fraction of sp³-hybridized carbons (Fsp3) is 0.176. The molecular formula is C17H15BrF2N2O2. The van der Waals surface area contributed by atoms with Crippen LogP contribution in [0.1, 0.15) is 13.3 Å². The molecule has 126 valence electrons. The van der Waals surface area contributed by atoms with Crippen molar-refractivity contribution < 1.29 is 18.4 Å². The summed E-state index contributed by atoms with van der Waals surface area (Å²) in [6.45, 7) is 1.24. The number of rotatable bonds is 5. The molecule has 0 bridgehead atoms. The van der Waals surface area contributed by atoms with Gasteiger partial charge < -0.3 is 10.2 Å². The van der Waals surface area contributed by atoms with Crippen molar-refractivity contribution in [1.29, 1.82) is 0 Å². The third-order valence-electron chi connectivity index (χ3n) is 3.25. The van der Waals surface area contributed by atoms with Gasteiger partial charge in [0, 0.05) is 36.1 Å². The number of nitrogens with one attached hydrogen (secondary N) is 1. The molecule has 0 fully saturated rings. The molecule has 2 amide bonds. The summed E-state index contributed by atoms with van der Waals surface area (Å²) in [5, 5.41) is 2.69. The van der Waals surface area contributed by atoms with E-state index in [4.69, 9.17) is 0 Å². The van der Waals surface area contributed by atoms with Gasteiger partial charge >= 0.3 is 0 Å². The van der Waals surface area contributed by atoms with E-state index in [0.29, 0.717) is 11.8 Å². The zero-order valence-corrected chi connectivity index (χ0v) is 14.4. The van der Waals surface area contributed by atoms with E-state index in [2.05, 4.69) is 21.2 Å². The molecule has 0 saturated carbocycles. The van der Waals surface area contributed by atoms with Crippen molar-refractivity contribution in [2.45, 2.75) is 13.3 Å². The Hall–Kier alpha value is -2.28. The molecule has 0 unspecified atom stereocenters. The molecule has 2 aromatic rings. The van der Waals surface area contributed by atoms with Crippen LogP contribution in [-0.2, 0) is 9.59 Å². The Kier molecular flexibility index (Phi) is 6.03. The molecular weight excluding hydrogens is 382 g/mol. The fourth-order valence-electron chi connectivity index (χ4n) is 2.15. The number of halogens is 3. The minimum atomic E-state index is -0.849. The van der Waals surface area contributed by atoms with Gasteiger partial charge in [-0.1, -0.05) is 22.0 Å². The Bertz CT molecular complexity index is 768. The minimum absolute atomic E-state index is 0.0161. The lowest BCUT2D eigenvalue weighted by Gasteiger charge is -2.21. The van der Waals surface area contributed by atoms with Crippen molar-refractivity contribution in [3.8, 4) is 0 Å². The van der Waals surface area contributed by atoms with Gasteiger partial charge in [-0.05, 0) is 30.3 Å². The van der Waals surface area contributed by atoms with Crippen LogP contribution >= 0.6 is 15.9 Å². The quantitative estimate of drug-likeness (QED) is 0.826. The van der Waals surface area contributed by atoms with Gasteiger partial charge in [0.05, 0.1) is 5.69 Å². The largest absolute Gasteiger partial charge is 0.326 e. The lowest BCUT2D eigenvalue weighted by Crippen LogP contribution is -2.32. The Morgan fingerprint density at radius 1 is 1.17 bits per heavy atom. The summed E-state index contributed by atoms with van der Waals surface area (Å²) in [4.78, 5) is 24.8. The van der Waals surface area contributed by atoms with Crippen LogP contribution in [-0.4, -0.2) is 18.4 Å². The summed E-state index contributed by atoms with van der Waals surface area (Å²) in [6.07, 6.45) is -0.0249. The standard InChI is InChI=1S/C17H15BrF2N2O2/c1-11(23)22(16-6-5-13(19)10-15(16)20)8-7-17(24)21-14-4-2-3-12(18)9-14/h2-6,9-10H,7-8H2,1H3,(H,21,24). The first-order valence-electron chi connectivity index (χ1n) is 7.15. The van der Waals surface area contributed by atoms with Gasteiger partial charge in [0.2, 0.25) is 11.8 Å². The van der Waals surface area contributed by atoms with E-state index in [-0.39, 0.29) is 24.6 Å². The Labute approximate surface area is 146 Å². The van der Waals surface area contributed by atoms with E-state index in [0.717, 1.165) is 15.4 Å². The van der Waals surface area contributed by atoms with Crippen LogP contribution < -0.4 is 10.2 Å². The Morgan fingerprint density at radius 3 is 2.54 bits per heavy atom. The topological polar surface area (TPSA) is 49.4 Å². The van der Waals surface area contributed by atoms with Crippen molar-refractivity contribution in [3.63, 3.8) is 0 Å². The third-order valence-corrected chi connectivity index (χ3v) is 3.74. The highest BCUT2D eigenvalue weighted by Gasteiger charge is 2.17. The average molecular weight is 397 g/mol. The van der Waals surface area contributed by atoms with Gasteiger partial charge in [-0.25, -0.2) is 8.78 Å². The predicted octanol–water partition coefficient (Wildman–Crippen LogP) is 4.11. The average Bonchev–Trinajstić information content (AvgIpc) is 2.49. The molecule has 2 aromatic carbocycles. The van der Waals surface area contributed by atoms with Crippen LogP contribution in [0.25, 0.3) is 0 Å². The summed E-state index contributed by atoms with van der Waals surface area (Å²) < 4.78 is 27.6. The first-order chi connectivity index (χ1) is 11.4. The maximum Gasteiger partial charge on any atom is 0.226 e. The predicted molar refractivity (Wildman–Crippen MR) is 91.8 cm³/mol. The molecule has 4 nitrogen and oxygen atoms in total. The molecule has 0 aliphatic carbocycles. The van der Waals surface area contributed by atoms with E-state index < -0.39 is 17.5 Å². The van der Waals surface area contributed by atoms with Crippen molar-refractivity contribution in [3.05, 3.63) is 58.6 Å². The smallest absolute Gasteiger partial charge is 0.226 e. The maximum absolute atomic E-state index is 13.8. The summed E-state index contributed by atoms with van der Waals surface area (Å²) in [5.74, 6) is -2.33. The number of amides is 2. The molecule has 0 aromatic heterocycles. The number of hydrogen-bond donors (Lipinski definition) is 1. The first-order valence-corrected chi connectivity index (χ1v) is 7.94. The summed E-state index contributed by atoms with van der Waals surface area (Å²) in [5.41, 5.74) is 0.552. The van der Waals surface area contributed by atoms with Gasteiger partial charge in [0.1, 0.15) is 11.6 Å². The van der Waals surface area contributed by atoms with Crippen LogP contribution in [0.5, 0.6) is 0 Å². The first kappa shape index (κ1) is 18.1. The van der Waals surface area contributed by atoms with Crippen molar-refractivity contribution in [2.24, 2.45) is 0 Å². The van der Waals surface area contributed by atoms with Crippen molar-refractivity contribution >= 4 is 39.1 Å². The molecule has 0 spiro atoms.